The molecule has 36 heavy (non-hydrogen) atoms. The van der Waals surface area contributed by atoms with Gasteiger partial charge in [0.25, 0.3) is 0 Å². The molecule has 1 atom stereocenters. The number of sulfone groups is 2. The molecule has 5 rings (SSSR count). The summed E-state index contributed by atoms with van der Waals surface area (Å²) in [6, 6.07) is 30.7. The van der Waals surface area contributed by atoms with Gasteiger partial charge >= 0.3 is 0 Å². The molecule has 6 nitrogen and oxygen atoms in total. The van der Waals surface area contributed by atoms with Crippen LogP contribution in [-0.2, 0) is 29.9 Å². The minimum absolute atomic E-state index is 0.121. The molecule has 1 aliphatic heterocycles. The number of para-hydroxylation sites is 1. The van der Waals surface area contributed by atoms with Crippen LogP contribution in [0.25, 0.3) is 0 Å². The number of carbonyl (C=O) groups is 1. The van der Waals surface area contributed by atoms with Gasteiger partial charge in [0.15, 0.2) is 24.3 Å². The van der Waals surface area contributed by atoms with E-state index in [2.05, 4.69) is 5.32 Å². The third kappa shape index (κ3) is 3.83. The van der Waals surface area contributed by atoms with Crippen LogP contribution in [0, 0.1) is 0 Å². The van der Waals surface area contributed by atoms with Gasteiger partial charge in [-0.2, -0.15) is 0 Å². The topological polar surface area (TPSA) is 97.4 Å². The molecule has 0 fully saturated rings. The predicted molar refractivity (Wildman–Crippen MR) is 138 cm³/mol. The van der Waals surface area contributed by atoms with E-state index in [1.165, 1.54) is 24.3 Å². The average molecular weight is 518 g/mol. The second kappa shape index (κ2) is 9.04. The molecule has 182 valence electrons. The minimum atomic E-state index is -4.43. The van der Waals surface area contributed by atoms with Gasteiger partial charge in [-0.15, -0.1) is 0 Å². The summed E-state index contributed by atoms with van der Waals surface area (Å²) in [7, 11) is -8.87. The molecule has 0 unspecified atom stereocenters. The van der Waals surface area contributed by atoms with Crippen molar-refractivity contribution in [2.75, 3.05) is 5.32 Å². The van der Waals surface area contributed by atoms with Crippen LogP contribution in [0.2, 0.25) is 0 Å². The molecule has 4 aromatic rings. The van der Waals surface area contributed by atoms with Crippen molar-refractivity contribution in [3.63, 3.8) is 0 Å². The van der Waals surface area contributed by atoms with E-state index < -0.39 is 42.0 Å². The quantitative estimate of drug-likeness (QED) is 0.387. The molecule has 0 radical (unpaired) electrons. The van der Waals surface area contributed by atoms with E-state index in [0.29, 0.717) is 16.8 Å². The van der Waals surface area contributed by atoms with E-state index in [1.807, 2.05) is 0 Å². The standard InChI is InChI=1S/C28H23NO5S2/c30-27-28(21-12-4-1-5-13-21,24-18-10-11-19-25(24)29-27)20-26(35(31,32)22-14-6-2-7-15-22)36(33,34)23-16-8-3-9-17-23/h1-19,26H,20H2,(H,29,30)/t28-/m1/s1. The zero-order chi connectivity index (χ0) is 25.4. The van der Waals surface area contributed by atoms with Gasteiger partial charge in [-0.1, -0.05) is 84.9 Å². The molecule has 0 saturated heterocycles. The number of hydrogen-bond donors (Lipinski definition) is 1. The summed E-state index contributed by atoms with van der Waals surface area (Å²) in [6.07, 6.45) is -0.492. The van der Waals surface area contributed by atoms with E-state index in [0.717, 1.165) is 0 Å². The van der Waals surface area contributed by atoms with Crippen molar-refractivity contribution in [3.05, 3.63) is 126 Å². The second-order valence-corrected chi connectivity index (χ2v) is 13.2. The zero-order valence-electron chi connectivity index (χ0n) is 19.1. The largest absolute Gasteiger partial charge is 0.325 e. The molecule has 0 saturated carbocycles. The van der Waals surface area contributed by atoms with Crippen LogP contribution in [0.15, 0.2) is 125 Å². The highest BCUT2D eigenvalue weighted by atomic mass is 32.3. The SMILES string of the molecule is O=C1Nc2ccccc2[C@@]1(CC(S(=O)(=O)c1ccccc1)S(=O)(=O)c1ccccc1)c1ccccc1. The van der Waals surface area contributed by atoms with E-state index in [1.54, 1.807) is 91.0 Å². The molecule has 0 aliphatic carbocycles. The van der Waals surface area contributed by atoms with E-state index >= 15 is 0 Å². The van der Waals surface area contributed by atoms with Crippen LogP contribution < -0.4 is 5.32 Å². The van der Waals surface area contributed by atoms with Gasteiger partial charge in [-0.3, -0.25) is 4.79 Å². The maximum atomic E-state index is 14.0. The number of carbonyl (C=O) groups excluding carboxylic acids is 1. The second-order valence-electron chi connectivity index (χ2n) is 8.62. The summed E-state index contributed by atoms with van der Waals surface area (Å²) < 4.78 is 54.2. The normalized spacial score (nSPS) is 17.5. The number of nitrogens with one attached hydrogen (secondary N) is 1. The number of rotatable bonds is 7. The van der Waals surface area contributed by atoms with E-state index in [4.69, 9.17) is 0 Å². The van der Waals surface area contributed by atoms with E-state index in [9.17, 15) is 21.6 Å². The lowest BCUT2D eigenvalue weighted by Gasteiger charge is -2.32. The summed E-state index contributed by atoms with van der Waals surface area (Å²) in [6.45, 7) is 0. The number of fused-ring (bicyclic) bond motifs is 1. The zero-order valence-corrected chi connectivity index (χ0v) is 20.7. The molecule has 1 amide bonds. The lowest BCUT2D eigenvalue weighted by molar-refractivity contribution is -0.119. The number of amides is 1. The Kier molecular flexibility index (Phi) is 6.02. The Morgan fingerprint density at radius 3 is 1.58 bits per heavy atom. The van der Waals surface area contributed by atoms with Gasteiger partial charge in [0, 0.05) is 12.1 Å². The molecule has 1 aliphatic rings. The van der Waals surface area contributed by atoms with Crippen molar-refractivity contribution < 1.29 is 21.6 Å². The van der Waals surface area contributed by atoms with Gasteiger partial charge < -0.3 is 5.32 Å². The van der Waals surface area contributed by atoms with Crippen LogP contribution in [0.4, 0.5) is 5.69 Å². The van der Waals surface area contributed by atoms with Gasteiger partial charge in [0.1, 0.15) is 5.41 Å². The van der Waals surface area contributed by atoms with Crippen molar-refractivity contribution in [1.29, 1.82) is 0 Å². The van der Waals surface area contributed by atoms with Gasteiger partial charge in [0.2, 0.25) is 5.91 Å². The van der Waals surface area contributed by atoms with E-state index in [-0.39, 0.29) is 9.79 Å². The van der Waals surface area contributed by atoms with Crippen molar-refractivity contribution in [2.24, 2.45) is 0 Å². The fourth-order valence-electron chi connectivity index (χ4n) is 4.81. The van der Waals surface area contributed by atoms with Crippen LogP contribution in [0.3, 0.4) is 0 Å². The molecular weight excluding hydrogens is 494 g/mol. The first-order valence-electron chi connectivity index (χ1n) is 11.3. The summed E-state index contributed by atoms with van der Waals surface area (Å²) >= 11 is 0. The monoisotopic (exact) mass is 517 g/mol. The van der Waals surface area contributed by atoms with Gasteiger partial charge in [-0.05, 0) is 41.5 Å². The summed E-state index contributed by atoms with van der Waals surface area (Å²) in [5.74, 6) is -0.466. The summed E-state index contributed by atoms with van der Waals surface area (Å²) in [5.41, 5.74) is 0.0488. The first kappa shape index (κ1) is 24.0. The highest BCUT2D eigenvalue weighted by Crippen LogP contribution is 2.48. The molecule has 1 heterocycles. The molecule has 8 heteroatoms. The molecule has 1 N–H and O–H groups in total. The van der Waals surface area contributed by atoms with Crippen molar-refractivity contribution in [3.8, 4) is 0 Å². The first-order chi connectivity index (χ1) is 17.3. The Labute approximate surface area is 210 Å². The number of anilines is 1. The smallest absolute Gasteiger partial charge is 0.239 e. The highest BCUT2D eigenvalue weighted by Gasteiger charge is 2.54. The highest BCUT2D eigenvalue weighted by molar-refractivity contribution is 8.09. The first-order valence-corrected chi connectivity index (χ1v) is 14.4. The number of benzene rings is 4. The molecule has 0 aromatic heterocycles. The van der Waals surface area contributed by atoms with Crippen LogP contribution in [0.5, 0.6) is 0 Å². The Morgan fingerprint density at radius 1 is 0.611 bits per heavy atom. The number of hydrogen-bond acceptors (Lipinski definition) is 5. The fourth-order valence-corrected chi connectivity index (χ4v) is 9.43. The molecular formula is C28H23NO5S2. The van der Waals surface area contributed by atoms with Crippen molar-refractivity contribution in [2.45, 2.75) is 26.2 Å². The Hall–Kier alpha value is -3.75. The average Bonchev–Trinajstić information content (AvgIpc) is 3.20. The van der Waals surface area contributed by atoms with Crippen molar-refractivity contribution in [1.82, 2.24) is 0 Å². The molecule has 4 aromatic carbocycles. The minimum Gasteiger partial charge on any atom is -0.325 e. The van der Waals surface area contributed by atoms with Gasteiger partial charge in [-0.25, -0.2) is 16.8 Å². The van der Waals surface area contributed by atoms with Gasteiger partial charge in [0.05, 0.1) is 9.79 Å². The third-order valence-corrected chi connectivity index (χ3v) is 11.7. The third-order valence-electron chi connectivity index (χ3n) is 6.60. The summed E-state index contributed by atoms with van der Waals surface area (Å²) in [4.78, 5) is 13.5. The maximum Gasteiger partial charge on any atom is 0.239 e. The summed E-state index contributed by atoms with van der Waals surface area (Å²) in [5, 5.41) is 2.85. The molecule has 0 bridgehead atoms. The molecule has 0 spiro atoms. The lowest BCUT2D eigenvalue weighted by Crippen LogP contribution is -2.44. The Bertz CT molecular complexity index is 1550. The Balaban J connectivity index is 1.78. The van der Waals surface area contributed by atoms with Crippen LogP contribution in [-0.4, -0.2) is 27.3 Å². The Morgan fingerprint density at radius 2 is 1.06 bits per heavy atom. The van der Waals surface area contributed by atoms with Crippen LogP contribution in [0.1, 0.15) is 17.5 Å². The predicted octanol–water partition coefficient (Wildman–Crippen LogP) is 4.59. The lowest BCUT2D eigenvalue weighted by atomic mass is 9.73. The van der Waals surface area contributed by atoms with Crippen molar-refractivity contribution >= 4 is 31.3 Å². The van der Waals surface area contributed by atoms with Crippen LogP contribution >= 0.6 is 0 Å². The maximum absolute atomic E-state index is 14.0. The fraction of sp³-hybridized carbons (Fsp3) is 0.107.